The molecule has 1 aliphatic rings. The predicted octanol–water partition coefficient (Wildman–Crippen LogP) is 3.02. The Morgan fingerprint density at radius 1 is 1.18 bits per heavy atom. The smallest absolute Gasteiger partial charge is 0.249 e. The molecule has 2 aromatic carbocycles. The van der Waals surface area contributed by atoms with Crippen LogP contribution in [0.15, 0.2) is 36.4 Å². The Balaban J connectivity index is 2.39. The van der Waals surface area contributed by atoms with Crippen LogP contribution in [0.5, 0.6) is 0 Å². The van der Waals surface area contributed by atoms with Crippen molar-refractivity contribution in [3.63, 3.8) is 0 Å². The molecule has 0 heterocycles. The second-order valence-corrected chi connectivity index (χ2v) is 9.11. The highest BCUT2D eigenvalue weighted by atomic mass is 28.3. The molecule has 112 valence electrons. The summed E-state index contributed by atoms with van der Waals surface area (Å²) in [5.74, 6) is -0.342. The molecule has 0 atom stereocenters. The zero-order valence-corrected chi connectivity index (χ0v) is 14.5. The maximum atomic E-state index is 12.0. The summed E-state index contributed by atoms with van der Waals surface area (Å²) in [6.07, 6.45) is 5.32. The van der Waals surface area contributed by atoms with Crippen LogP contribution >= 0.6 is 0 Å². The van der Waals surface area contributed by atoms with Gasteiger partial charge in [-0.25, -0.2) is 0 Å². The van der Waals surface area contributed by atoms with E-state index in [1.807, 2.05) is 12.1 Å². The van der Waals surface area contributed by atoms with E-state index in [1.54, 1.807) is 0 Å². The number of rotatable bonds is 3. The van der Waals surface area contributed by atoms with Crippen molar-refractivity contribution in [1.29, 1.82) is 0 Å². The number of primary amides is 1. The van der Waals surface area contributed by atoms with Gasteiger partial charge in [0.2, 0.25) is 5.91 Å². The van der Waals surface area contributed by atoms with E-state index in [1.165, 1.54) is 21.9 Å². The average Bonchev–Trinajstić information content (AvgIpc) is 2.94. The van der Waals surface area contributed by atoms with Crippen molar-refractivity contribution in [1.82, 2.24) is 0 Å². The van der Waals surface area contributed by atoms with E-state index in [4.69, 9.17) is 5.73 Å². The first kappa shape index (κ1) is 14.8. The summed E-state index contributed by atoms with van der Waals surface area (Å²) in [7, 11) is -1.11. The van der Waals surface area contributed by atoms with Crippen molar-refractivity contribution in [2.45, 2.75) is 26.4 Å². The number of carbonyl (C=O) groups excluding carboxylic acids is 1. The van der Waals surface area contributed by atoms with Crippen LogP contribution in [0.4, 0.5) is 0 Å². The molecule has 0 spiro atoms. The third-order valence-electron chi connectivity index (χ3n) is 4.39. The number of amides is 1. The number of hydrogen-bond acceptors (Lipinski definition) is 1. The van der Waals surface area contributed by atoms with Crippen molar-refractivity contribution in [3.8, 4) is 11.1 Å². The van der Waals surface area contributed by atoms with Crippen LogP contribution in [-0.2, 0) is 6.42 Å². The molecule has 0 fully saturated rings. The van der Waals surface area contributed by atoms with Gasteiger partial charge in [-0.15, -0.1) is 0 Å². The topological polar surface area (TPSA) is 43.1 Å². The van der Waals surface area contributed by atoms with E-state index in [0.717, 1.165) is 17.5 Å². The lowest BCUT2D eigenvalue weighted by molar-refractivity contribution is 0.100. The highest BCUT2D eigenvalue weighted by Gasteiger charge is 2.22. The number of carbonyl (C=O) groups is 1. The Labute approximate surface area is 133 Å². The van der Waals surface area contributed by atoms with Gasteiger partial charge in [0.25, 0.3) is 0 Å². The number of allylic oxidation sites excluding steroid dienone is 1. The Hall–Kier alpha value is -2.13. The molecular weight excluding hydrogens is 286 g/mol. The minimum absolute atomic E-state index is 0.342. The minimum Gasteiger partial charge on any atom is -0.366 e. The van der Waals surface area contributed by atoms with E-state index < -0.39 is 8.80 Å². The third-order valence-corrected chi connectivity index (χ3v) is 6.29. The molecule has 0 aromatic heterocycles. The van der Waals surface area contributed by atoms with Gasteiger partial charge >= 0.3 is 0 Å². The Morgan fingerprint density at radius 2 is 1.95 bits per heavy atom. The predicted molar refractivity (Wildman–Crippen MR) is 96.4 cm³/mol. The van der Waals surface area contributed by atoms with E-state index in [2.05, 4.69) is 50.4 Å². The maximum absolute atomic E-state index is 12.0. The lowest BCUT2D eigenvalue weighted by Gasteiger charge is -2.20. The van der Waals surface area contributed by atoms with E-state index in [-0.39, 0.29) is 5.91 Å². The van der Waals surface area contributed by atoms with Gasteiger partial charge in [-0.2, -0.15) is 0 Å². The van der Waals surface area contributed by atoms with Crippen molar-refractivity contribution in [2.75, 3.05) is 0 Å². The SMILES string of the molecule is Cc1ccc(C(N)=O)c(-c2cccc3c2C=CC3)c1[SiH](C)C. The molecule has 3 heteroatoms. The van der Waals surface area contributed by atoms with Crippen LogP contribution in [0, 0.1) is 6.92 Å². The van der Waals surface area contributed by atoms with Crippen LogP contribution in [0.25, 0.3) is 17.2 Å². The van der Waals surface area contributed by atoms with Crippen LogP contribution in [0.3, 0.4) is 0 Å². The monoisotopic (exact) mass is 307 g/mol. The molecule has 2 N–H and O–H groups in total. The van der Waals surface area contributed by atoms with Crippen LogP contribution in [-0.4, -0.2) is 14.7 Å². The summed E-state index contributed by atoms with van der Waals surface area (Å²) in [5, 5.41) is 1.35. The highest BCUT2D eigenvalue weighted by Crippen LogP contribution is 2.33. The van der Waals surface area contributed by atoms with E-state index in [9.17, 15) is 4.79 Å². The normalized spacial score (nSPS) is 12.7. The van der Waals surface area contributed by atoms with Gasteiger partial charge < -0.3 is 5.73 Å². The summed E-state index contributed by atoms with van der Waals surface area (Å²) < 4.78 is 0. The van der Waals surface area contributed by atoms with Gasteiger partial charge in [0.15, 0.2) is 0 Å². The quantitative estimate of drug-likeness (QED) is 0.870. The van der Waals surface area contributed by atoms with Crippen molar-refractivity contribution >= 4 is 26.0 Å². The number of nitrogens with two attached hydrogens (primary N) is 1. The second-order valence-electron chi connectivity index (χ2n) is 6.22. The van der Waals surface area contributed by atoms with Gasteiger partial charge in [0, 0.05) is 5.56 Å². The van der Waals surface area contributed by atoms with Crippen molar-refractivity contribution < 1.29 is 4.79 Å². The van der Waals surface area contributed by atoms with Gasteiger partial charge in [0.05, 0.1) is 8.80 Å². The molecule has 0 unspecified atom stereocenters. The number of benzene rings is 2. The minimum atomic E-state index is -1.11. The largest absolute Gasteiger partial charge is 0.366 e. The maximum Gasteiger partial charge on any atom is 0.249 e. The van der Waals surface area contributed by atoms with E-state index in [0.29, 0.717) is 5.56 Å². The van der Waals surface area contributed by atoms with Gasteiger partial charge in [-0.05, 0) is 41.7 Å². The highest BCUT2D eigenvalue weighted by molar-refractivity contribution is 6.72. The Kier molecular flexibility index (Phi) is 3.75. The Morgan fingerprint density at radius 3 is 2.64 bits per heavy atom. The first-order valence-corrected chi connectivity index (χ1v) is 10.6. The molecule has 0 radical (unpaired) electrons. The molecule has 3 rings (SSSR count). The fourth-order valence-electron chi connectivity index (χ4n) is 3.47. The second kappa shape index (κ2) is 5.58. The van der Waals surface area contributed by atoms with Crippen LogP contribution in [0.1, 0.15) is 27.0 Å². The van der Waals surface area contributed by atoms with Crippen molar-refractivity contribution in [3.05, 3.63) is 58.7 Å². The van der Waals surface area contributed by atoms with Crippen LogP contribution < -0.4 is 10.9 Å². The molecule has 0 bridgehead atoms. The summed E-state index contributed by atoms with van der Waals surface area (Å²) in [5.41, 5.74) is 12.4. The van der Waals surface area contributed by atoms with Gasteiger partial charge in [0.1, 0.15) is 0 Å². The molecule has 0 aliphatic heterocycles. The summed E-state index contributed by atoms with van der Waals surface area (Å²) in [6.45, 7) is 6.74. The fourth-order valence-corrected chi connectivity index (χ4v) is 5.37. The molecule has 0 saturated heterocycles. The number of fused-ring (bicyclic) bond motifs is 1. The zero-order valence-electron chi connectivity index (χ0n) is 13.3. The van der Waals surface area contributed by atoms with Crippen molar-refractivity contribution in [2.24, 2.45) is 5.73 Å². The molecule has 22 heavy (non-hydrogen) atoms. The standard InChI is InChI=1S/C19H21NOSi/c1-12-10-11-16(19(20)21)17(18(12)22(2)3)15-9-5-7-13-6-4-8-14(13)15/h4-5,7-11,22H,6H2,1-3H3,(H2,20,21). The van der Waals surface area contributed by atoms with E-state index >= 15 is 0 Å². The molecule has 0 saturated carbocycles. The summed E-state index contributed by atoms with van der Waals surface area (Å²) in [4.78, 5) is 12.0. The first-order chi connectivity index (χ1) is 10.5. The fraction of sp³-hybridized carbons (Fsp3) is 0.211. The lowest BCUT2D eigenvalue weighted by Crippen LogP contribution is -2.31. The first-order valence-electron chi connectivity index (χ1n) is 7.72. The average molecular weight is 307 g/mol. The summed E-state index contributed by atoms with van der Waals surface area (Å²) in [6, 6.07) is 10.3. The van der Waals surface area contributed by atoms with Gasteiger partial charge in [-0.1, -0.05) is 60.3 Å². The molecule has 2 nitrogen and oxygen atoms in total. The molecule has 2 aromatic rings. The number of hydrogen-bond donors (Lipinski definition) is 1. The third kappa shape index (κ3) is 2.31. The van der Waals surface area contributed by atoms with Crippen LogP contribution in [0.2, 0.25) is 13.1 Å². The molecule has 1 amide bonds. The zero-order chi connectivity index (χ0) is 15.9. The van der Waals surface area contributed by atoms with Gasteiger partial charge in [-0.3, -0.25) is 4.79 Å². The lowest BCUT2D eigenvalue weighted by atomic mass is 9.92. The molecular formula is C19H21NOSi. The Bertz CT molecular complexity index is 790. The molecule has 1 aliphatic carbocycles. The number of aryl methyl sites for hydroxylation is 1. The summed E-state index contributed by atoms with van der Waals surface area (Å²) >= 11 is 0.